The summed E-state index contributed by atoms with van der Waals surface area (Å²) in [5.74, 6) is 1.34. The van der Waals surface area contributed by atoms with Gasteiger partial charge in [0.05, 0.1) is 0 Å². The second-order valence-electron chi connectivity index (χ2n) is 3.93. The Kier molecular flexibility index (Phi) is 4.99. The second-order valence-corrected chi connectivity index (χ2v) is 5.51. The van der Waals surface area contributed by atoms with Gasteiger partial charge in [-0.3, -0.25) is 4.79 Å². The Bertz CT molecular complexity index is 533. The summed E-state index contributed by atoms with van der Waals surface area (Å²) < 4.78 is 0. The molecular weight excluding hydrogens is 302 g/mol. The van der Waals surface area contributed by atoms with Crippen molar-refractivity contribution in [3.05, 3.63) is 10.8 Å². The molecule has 1 aromatic heterocycles. The van der Waals surface area contributed by atoms with Crippen LogP contribution in [0.1, 0.15) is 10.5 Å². The van der Waals surface area contributed by atoms with Gasteiger partial charge in [-0.2, -0.15) is 16.8 Å². The lowest BCUT2D eigenvalue weighted by Crippen LogP contribution is -2.42. The average Bonchev–Trinajstić information content (AvgIpc) is 2.44. The molecule has 0 unspecified atom stereocenters. The maximum Gasteiger partial charge on any atom is 0.300 e. The van der Waals surface area contributed by atoms with Crippen LogP contribution in [0.25, 0.3) is 0 Å². The highest BCUT2D eigenvalue weighted by Gasteiger charge is 2.15. The number of thioether (sulfide) groups is 1. The number of aliphatic imine (C=N–C) groups is 1. The van der Waals surface area contributed by atoms with Gasteiger partial charge in [-0.1, -0.05) is 11.6 Å². The van der Waals surface area contributed by atoms with Crippen LogP contribution < -0.4 is 16.9 Å². The lowest BCUT2D eigenvalue weighted by Gasteiger charge is -2.25. The molecule has 1 aliphatic heterocycles. The average molecular weight is 316 g/mol. The molecule has 0 spiro atoms. The summed E-state index contributed by atoms with van der Waals surface area (Å²) in [4.78, 5) is 23.1. The van der Waals surface area contributed by atoms with Gasteiger partial charge >= 0.3 is 5.91 Å². The van der Waals surface area contributed by atoms with Gasteiger partial charge in [-0.05, 0) is 0 Å². The van der Waals surface area contributed by atoms with E-state index in [1.165, 1.54) is 6.34 Å². The van der Waals surface area contributed by atoms with Crippen LogP contribution in [-0.4, -0.2) is 51.8 Å². The van der Waals surface area contributed by atoms with E-state index in [1.54, 1.807) is 0 Å². The fraction of sp³-hybridized carbons (Fsp3) is 0.400. The Balaban J connectivity index is 1.99. The van der Waals surface area contributed by atoms with Crippen molar-refractivity contribution in [2.45, 2.75) is 0 Å². The summed E-state index contributed by atoms with van der Waals surface area (Å²) in [6, 6.07) is 0. The van der Waals surface area contributed by atoms with Crippen molar-refractivity contribution in [3.8, 4) is 0 Å². The molecule has 10 heteroatoms. The molecule has 0 radical (unpaired) electrons. The summed E-state index contributed by atoms with van der Waals surface area (Å²) in [6.07, 6.45) is 1.31. The standard InChI is InChI=1S/C10H14ClN7OS/c11-7-9(13)17-8(12)6(16-7)10(19)14-5-15-18-1-3-20-4-2-18/h5H,1-4H2,(H4,12,13,17)(H,14,15,19). The van der Waals surface area contributed by atoms with Crippen LogP contribution in [0, 0.1) is 0 Å². The van der Waals surface area contributed by atoms with Crippen molar-refractivity contribution >= 4 is 47.2 Å². The van der Waals surface area contributed by atoms with Crippen molar-refractivity contribution in [1.82, 2.24) is 20.4 Å². The third kappa shape index (κ3) is 3.71. The first-order valence-corrected chi connectivity index (χ1v) is 7.35. The molecule has 5 N–H and O–H groups in total. The number of nitrogen functional groups attached to an aromatic ring is 2. The van der Waals surface area contributed by atoms with Crippen molar-refractivity contribution in [2.24, 2.45) is 4.99 Å². The molecule has 0 aromatic carbocycles. The second kappa shape index (κ2) is 6.73. The number of nitrogens with zero attached hydrogens (tertiary/aromatic N) is 4. The summed E-state index contributed by atoms with van der Waals surface area (Å²) in [6.45, 7) is 1.78. The molecule has 1 aromatic rings. The first-order chi connectivity index (χ1) is 9.58. The number of anilines is 2. The van der Waals surface area contributed by atoms with Crippen LogP contribution >= 0.6 is 23.4 Å². The van der Waals surface area contributed by atoms with Crippen LogP contribution in [0.5, 0.6) is 0 Å². The van der Waals surface area contributed by atoms with E-state index in [1.807, 2.05) is 16.8 Å². The van der Waals surface area contributed by atoms with E-state index in [0.29, 0.717) is 0 Å². The zero-order valence-corrected chi connectivity index (χ0v) is 12.1. The van der Waals surface area contributed by atoms with Gasteiger partial charge in [0.2, 0.25) is 0 Å². The topological polar surface area (TPSA) is 123 Å². The lowest BCUT2D eigenvalue weighted by atomic mass is 10.4. The van der Waals surface area contributed by atoms with Gasteiger partial charge in [0.15, 0.2) is 22.5 Å². The molecule has 0 aliphatic carbocycles. The molecule has 0 atom stereocenters. The smallest absolute Gasteiger partial charge is 0.300 e. The number of amides is 1. The van der Waals surface area contributed by atoms with Gasteiger partial charge in [0, 0.05) is 24.6 Å². The van der Waals surface area contributed by atoms with E-state index in [-0.39, 0.29) is 22.5 Å². The molecule has 108 valence electrons. The van der Waals surface area contributed by atoms with Crippen LogP contribution in [0.15, 0.2) is 4.99 Å². The summed E-state index contributed by atoms with van der Waals surface area (Å²) in [5, 5.41) is 1.90. The maximum atomic E-state index is 11.8. The number of nitrogens with two attached hydrogens (primary N) is 2. The Morgan fingerprint density at radius 1 is 1.35 bits per heavy atom. The predicted molar refractivity (Wildman–Crippen MR) is 80.7 cm³/mol. The van der Waals surface area contributed by atoms with Crippen LogP contribution in [-0.2, 0) is 0 Å². The number of hydrazine groups is 1. The molecule has 0 saturated carbocycles. The molecule has 1 amide bonds. The van der Waals surface area contributed by atoms with Crippen LogP contribution in [0.2, 0.25) is 5.15 Å². The van der Waals surface area contributed by atoms with Gasteiger partial charge in [0.25, 0.3) is 0 Å². The molecule has 20 heavy (non-hydrogen) atoms. The van der Waals surface area contributed by atoms with E-state index < -0.39 is 5.91 Å². The quantitative estimate of drug-likeness (QED) is 0.527. The van der Waals surface area contributed by atoms with Gasteiger partial charge in [0.1, 0.15) is 6.34 Å². The highest BCUT2D eigenvalue weighted by atomic mass is 35.5. The number of halogens is 1. The fourth-order valence-corrected chi connectivity index (χ4v) is 2.55. The maximum absolute atomic E-state index is 11.8. The minimum atomic E-state index is -0.629. The minimum Gasteiger partial charge on any atom is -0.382 e. The summed E-state index contributed by atoms with van der Waals surface area (Å²) >= 11 is 7.59. The third-order valence-electron chi connectivity index (χ3n) is 2.54. The molecule has 2 rings (SSSR count). The van der Waals surface area contributed by atoms with Crippen LogP contribution in [0.4, 0.5) is 11.6 Å². The number of hydrogen-bond donors (Lipinski definition) is 3. The lowest BCUT2D eigenvalue weighted by molar-refractivity contribution is 0.0998. The van der Waals surface area contributed by atoms with Crippen molar-refractivity contribution in [2.75, 3.05) is 36.1 Å². The fourth-order valence-electron chi connectivity index (χ4n) is 1.52. The van der Waals surface area contributed by atoms with E-state index in [4.69, 9.17) is 23.1 Å². The molecule has 1 fully saturated rings. The van der Waals surface area contributed by atoms with E-state index in [2.05, 4.69) is 20.4 Å². The zero-order valence-electron chi connectivity index (χ0n) is 10.5. The molecule has 8 nitrogen and oxygen atoms in total. The van der Waals surface area contributed by atoms with Gasteiger partial charge < -0.3 is 16.9 Å². The Labute approximate surface area is 124 Å². The third-order valence-corrected chi connectivity index (χ3v) is 3.76. The van der Waals surface area contributed by atoms with E-state index in [0.717, 1.165) is 24.6 Å². The Hall–Kier alpha value is -1.58. The zero-order chi connectivity index (χ0) is 14.5. The van der Waals surface area contributed by atoms with Crippen LogP contribution in [0.3, 0.4) is 0 Å². The highest BCUT2D eigenvalue weighted by molar-refractivity contribution is 7.99. The number of rotatable bonds is 3. The minimum absolute atomic E-state index is 0.0198. The summed E-state index contributed by atoms with van der Waals surface area (Å²) in [5.41, 5.74) is 13.8. The van der Waals surface area contributed by atoms with Gasteiger partial charge in [-0.25, -0.2) is 15.0 Å². The largest absolute Gasteiger partial charge is 0.382 e. The number of aromatic nitrogens is 2. The van der Waals surface area contributed by atoms with E-state index in [9.17, 15) is 4.79 Å². The van der Waals surface area contributed by atoms with Crippen molar-refractivity contribution < 1.29 is 4.79 Å². The molecule has 0 bridgehead atoms. The molecule has 1 aliphatic rings. The number of nitrogens with one attached hydrogen (secondary N) is 1. The number of carbonyl (C=O) groups is 1. The summed E-state index contributed by atoms with van der Waals surface area (Å²) in [7, 11) is 0. The van der Waals surface area contributed by atoms with Gasteiger partial charge in [-0.15, -0.1) is 0 Å². The predicted octanol–water partition coefficient (Wildman–Crippen LogP) is 0.0163. The van der Waals surface area contributed by atoms with Crippen molar-refractivity contribution in [3.63, 3.8) is 0 Å². The highest BCUT2D eigenvalue weighted by Crippen LogP contribution is 2.17. The normalized spacial score (nSPS) is 16.4. The van der Waals surface area contributed by atoms with Crippen molar-refractivity contribution in [1.29, 1.82) is 0 Å². The number of hydrogen-bond acceptors (Lipinski definition) is 7. The SMILES string of the molecule is Nc1nc(N)c(C(=O)N=CNN2CCSCC2)nc1Cl. The first-order valence-electron chi connectivity index (χ1n) is 5.82. The first kappa shape index (κ1) is 14.8. The Morgan fingerprint density at radius 2 is 2.05 bits per heavy atom. The van der Waals surface area contributed by atoms with E-state index >= 15 is 0 Å². The molecular formula is C10H14ClN7OS. The number of carbonyl (C=O) groups excluding carboxylic acids is 1. The molecule has 1 saturated heterocycles. The monoisotopic (exact) mass is 315 g/mol. The molecule has 2 heterocycles. The Morgan fingerprint density at radius 3 is 2.75 bits per heavy atom.